The van der Waals surface area contributed by atoms with E-state index in [1.54, 1.807) is 4.90 Å². The van der Waals surface area contributed by atoms with Crippen molar-refractivity contribution in [3.8, 4) is 0 Å². The van der Waals surface area contributed by atoms with E-state index in [1.165, 1.54) is 6.92 Å². The molecule has 0 spiro atoms. The second-order valence-corrected chi connectivity index (χ2v) is 9.11. The molecule has 0 bridgehead atoms. The van der Waals surface area contributed by atoms with E-state index in [0.29, 0.717) is 13.0 Å². The first kappa shape index (κ1) is 25.9. The molecule has 6 heteroatoms. The fraction of sp³-hybridized carbons (Fsp3) is 0.226. The van der Waals surface area contributed by atoms with Crippen LogP contribution in [0.3, 0.4) is 0 Å². The second-order valence-electron chi connectivity index (χ2n) is 9.11. The number of ether oxygens (including phenoxy) is 1. The molecule has 37 heavy (non-hydrogen) atoms. The van der Waals surface area contributed by atoms with Gasteiger partial charge in [-0.25, -0.2) is 4.79 Å². The van der Waals surface area contributed by atoms with Gasteiger partial charge in [-0.05, 0) is 33.9 Å². The zero-order valence-corrected chi connectivity index (χ0v) is 20.9. The largest absolute Gasteiger partial charge is 0.445 e. The van der Waals surface area contributed by atoms with Gasteiger partial charge in [0.2, 0.25) is 5.91 Å². The van der Waals surface area contributed by atoms with Gasteiger partial charge in [-0.3, -0.25) is 4.79 Å². The summed E-state index contributed by atoms with van der Waals surface area (Å²) in [6, 6.07) is 32.4. The molecular formula is C31H32N2O4. The lowest BCUT2D eigenvalue weighted by atomic mass is 10.00. The van der Waals surface area contributed by atoms with Gasteiger partial charge in [-0.2, -0.15) is 0 Å². The van der Waals surface area contributed by atoms with E-state index in [0.717, 1.165) is 27.5 Å². The van der Waals surface area contributed by atoms with Crippen LogP contribution in [0.2, 0.25) is 0 Å². The average Bonchev–Trinajstić information content (AvgIpc) is 2.92. The van der Waals surface area contributed by atoms with E-state index < -0.39 is 18.2 Å². The number of aliphatic hydroxyl groups is 1. The predicted octanol–water partition coefficient (Wildman–Crippen LogP) is 5.09. The lowest BCUT2D eigenvalue weighted by molar-refractivity contribution is -0.131. The number of alkyl carbamates (subject to hydrolysis) is 1. The maximum atomic E-state index is 12.7. The van der Waals surface area contributed by atoms with Crippen molar-refractivity contribution in [3.05, 3.63) is 120 Å². The summed E-state index contributed by atoms with van der Waals surface area (Å²) in [5, 5.41) is 16.2. The number of nitrogens with one attached hydrogen (secondary N) is 1. The zero-order valence-electron chi connectivity index (χ0n) is 20.9. The Morgan fingerprint density at radius 1 is 0.838 bits per heavy atom. The molecule has 0 saturated carbocycles. The number of carbonyl (C=O) groups is 2. The molecule has 4 aromatic rings. The van der Waals surface area contributed by atoms with Gasteiger partial charge in [-0.15, -0.1) is 0 Å². The molecule has 6 nitrogen and oxygen atoms in total. The molecule has 0 radical (unpaired) electrons. The third-order valence-corrected chi connectivity index (χ3v) is 6.37. The average molecular weight is 497 g/mol. The number of hydrogen-bond donors (Lipinski definition) is 2. The summed E-state index contributed by atoms with van der Waals surface area (Å²) in [5.41, 5.74) is 2.82. The van der Waals surface area contributed by atoms with Gasteiger partial charge in [0, 0.05) is 20.0 Å². The number of nitrogens with zero attached hydrogens (tertiary/aromatic N) is 1. The number of benzene rings is 4. The van der Waals surface area contributed by atoms with Crippen LogP contribution in [0.5, 0.6) is 0 Å². The molecule has 0 aliphatic rings. The van der Waals surface area contributed by atoms with E-state index in [4.69, 9.17) is 4.74 Å². The number of amides is 2. The van der Waals surface area contributed by atoms with Crippen molar-refractivity contribution in [2.75, 3.05) is 6.54 Å². The van der Waals surface area contributed by atoms with Crippen LogP contribution in [0.4, 0.5) is 4.79 Å². The lowest BCUT2D eigenvalue weighted by Crippen LogP contribution is -2.50. The molecule has 4 rings (SSSR count). The minimum Gasteiger partial charge on any atom is -0.445 e. The zero-order chi connectivity index (χ0) is 26.0. The highest BCUT2D eigenvalue weighted by Crippen LogP contribution is 2.20. The van der Waals surface area contributed by atoms with E-state index in [2.05, 4.69) is 5.32 Å². The molecule has 0 aliphatic carbocycles. The molecule has 0 heterocycles. The Labute approximate surface area is 217 Å². The van der Waals surface area contributed by atoms with Crippen LogP contribution in [-0.4, -0.2) is 40.7 Å². The highest BCUT2D eigenvalue weighted by atomic mass is 16.5. The first-order chi connectivity index (χ1) is 18.0. The molecule has 2 amide bonds. The van der Waals surface area contributed by atoms with Gasteiger partial charge in [0.05, 0.1) is 12.1 Å². The molecule has 190 valence electrons. The fourth-order valence-corrected chi connectivity index (χ4v) is 4.36. The van der Waals surface area contributed by atoms with Gasteiger partial charge in [0.25, 0.3) is 0 Å². The Morgan fingerprint density at radius 2 is 1.46 bits per heavy atom. The molecule has 0 saturated heterocycles. The molecule has 0 fully saturated rings. The lowest BCUT2D eigenvalue weighted by Gasteiger charge is -2.30. The predicted molar refractivity (Wildman–Crippen MR) is 145 cm³/mol. The summed E-state index contributed by atoms with van der Waals surface area (Å²) in [6.07, 6.45) is -1.24. The van der Waals surface area contributed by atoms with E-state index in [-0.39, 0.29) is 19.1 Å². The maximum absolute atomic E-state index is 12.7. The van der Waals surface area contributed by atoms with E-state index in [1.807, 2.05) is 103 Å². The normalized spacial score (nSPS) is 12.5. The van der Waals surface area contributed by atoms with E-state index >= 15 is 0 Å². The van der Waals surface area contributed by atoms with Crippen LogP contribution in [0, 0.1) is 0 Å². The number of fused-ring (bicyclic) bond motifs is 1. The molecule has 2 N–H and O–H groups in total. The maximum Gasteiger partial charge on any atom is 0.407 e. The van der Waals surface area contributed by atoms with Crippen molar-refractivity contribution in [2.24, 2.45) is 0 Å². The Hall–Kier alpha value is -4.16. The number of carbonyl (C=O) groups excluding carboxylic acids is 2. The summed E-state index contributed by atoms with van der Waals surface area (Å²) in [5.74, 6) is -0.155. The first-order valence-electron chi connectivity index (χ1n) is 12.4. The van der Waals surface area contributed by atoms with Gasteiger partial charge < -0.3 is 20.1 Å². The molecule has 2 atom stereocenters. The van der Waals surface area contributed by atoms with Crippen molar-refractivity contribution in [1.82, 2.24) is 10.2 Å². The Bertz CT molecular complexity index is 1310. The van der Waals surface area contributed by atoms with Crippen LogP contribution >= 0.6 is 0 Å². The standard InChI is InChI=1S/C31H32N2O4/c1-23(34)33(20-27-17-10-16-26-15-8-9-18-28(26)27)21-30(35)29(19-24-11-4-2-5-12-24)32-31(36)37-22-25-13-6-3-7-14-25/h2-18,29-30,35H,19-22H2,1H3,(H,32,36)/t29?,30-/m1/s1. The molecular weight excluding hydrogens is 464 g/mol. The van der Waals surface area contributed by atoms with Crippen molar-refractivity contribution >= 4 is 22.8 Å². The number of hydrogen-bond acceptors (Lipinski definition) is 4. The summed E-state index contributed by atoms with van der Waals surface area (Å²) in [4.78, 5) is 26.9. The summed E-state index contributed by atoms with van der Waals surface area (Å²) in [7, 11) is 0. The number of rotatable bonds is 10. The molecule has 4 aromatic carbocycles. The van der Waals surface area contributed by atoms with Crippen LogP contribution in [0.15, 0.2) is 103 Å². The fourth-order valence-electron chi connectivity index (χ4n) is 4.36. The third kappa shape index (κ3) is 7.41. The first-order valence-corrected chi connectivity index (χ1v) is 12.4. The van der Waals surface area contributed by atoms with Gasteiger partial charge >= 0.3 is 6.09 Å². The highest BCUT2D eigenvalue weighted by Gasteiger charge is 2.26. The van der Waals surface area contributed by atoms with Crippen molar-refractivity contribution in [1.29, 1.82) is 0 Å². The molecule has 0 aliphatic heterocycles. The van der Waals surface area contributed by atoms with Crippen LogP contribution < -0.4 is 5.32 Å². The minimum atomic E-state index is -1.01. The van der Waals surface area contributed by atoms with Gasteiger partial charge in [0.1, 0.15) is 6.61 Å². The monoisotopic (exact) mass is 496 g/mol. The van der Waals surface area contributed by atoms with Crippen molar-refractivity contribution in [2.45, 2.75) is 38.6 Å². The quantitative estimate of drug-likeness (QED) is 0.321. The Morgan fingerprint density at radius 3 is 2.16 bits per heavy atom. The summed E-state index contributed by atoms with van der Waals surface area (Å²) >= 11 is 0. The third-order valence-electron chi connectivity index (χ3n) is 6.37. The summed E-state index contributed by atoms with van der Waals surface area (Å²) < 4.78 is 5.40. The van der Waals surface area contributed by atoms with Gasteiger partial charge in [0.15, 0.2) is 0 Å². The smallest absolute Gasteiger partial charge is 0.407 e. The Kier molecular flexibility index (Phi) is 8.89. The number of aliphatic hydroxyl groups excluding tert-OH is 1. The Balaban J connectivity index is 1.47. The molecule has 0 aromatic heterocycles. The topological polar surface area (TPSA) is 78.9 Å². The van der Waals surface area contributed by atoms with Crippen LogP contribution in [-0.2, 0) is 29.1 Å². The molecule has 1 unspecified atom stereocenters. The van der Waals surface area contributed by atoms with Gasteiger partial charge in [-0.1, -0.05) is 103 Å². The van der Waals surface area contributed by atoms with Crippen molar-refractivity contribution < 1.29 is 19.4 Å². The second kappa shape index (κ2) is 12.7. The van der Waals surface area contributed by atoms with Crippen molar-refractivity contribution in [3.63, 3.8) is 0 Å². The minimum absolute atomic E-state index is 0.0645. The van der Waals surface area contributed by atoms with E-state index in [9.17, 15) is 14.7 Å². The van der Waals surface area contributed by atoms with Crippen LogP contribution in [0.25, 0.3) is 10.8 Å². The SMILES string of the molecule is CC(=O)N(Cc1cccc2ccccc12)C[C@@H](O)C(Cc1ccccc1)NC(=O)OCc1ccccc1. The summed E-state index contributed by atoms with van der Waals surface area (Å²) in [6.45, 7) is 2.03. The van der Waals surface area contributed by atoms with Crippen LogP contribution in [0.1, 0.15) is 23.6 Å². The highest BCUT2D eigenvalue weighted by molar-refractivity contribution is 5.86.